The zero-order chi connectivity index (χ0) is 10.6. The summed E-state index contributed by atoms with van der Waals surface area (Å²) in [5, 5.41) is 0. The van der Waals surface area contributed by atoms with Crippen molar-refractivity contribution in [3.05, 3.63) is 12.2 Å². The smallest absolute Gasteiger partial charge is 0.333 e. The fourth-order valence-electron chi connectivity index (χ4n) is 1.91. The van der Waals surface area contributed by atoms with Crippen molar-refractivity contribution in [3.63, 3.8) is 0 Å². The zero-order valence-corrected chi connectivity index (χ0v) is 9.21. The summed E-state index contributed by atoms with van der Waals surface area (Å²) in [5.74, 6) is 0.611. The van der Waals surface area contributed by atoms with Gasteiger partial charge in [0.1, 0.15) is 6.10 Å². The molecule has 1 aliphatic carbocycles. The first-order chi connectivity index (χ1) is 6.63. The summed E-state index contributed by atoms with van der Waals surface area (Å²) >= 11 is 0. The molecule has 0 heterocycles. The average molecular weight is 196 g/mol. The highest BCUT2D eigenvalue weighted by Crippen LogP contribution is 2.28. The highest BCUT2D eigenvalue weighted by Gasteiger charge is 2.22. The summed E-state index contributed by atoms with van der Waals surface area (Å²) < 4.78 is 5.31. The lowest BCUT2D eigenvalue weighted by Gasteiger charge is -2.27. The van der Waals surface area contributed by atoms with E-state index in [-0.39, 0.29) is 12.1 Å². The first-order valence-corrected chi connectivity index (χ1v) is 5.50. The maximum Gasteiger partial charge on any atom is 0.333 e. The van der Waals surface area contributed by atoms with Crippen molar-refractivity contribution in [2.24, 2.45) is 5.92 Å². The Labute approximate surface area is 86.3 Å². The second-order valence-electron chi connectivity index (χ2n) is 4.24. The Morgan fingerprint density at radius 3 is 2.36 bits per heavy atom. The van der Waals surface area contributed by atoms with E-state index in [0.717, 1.165) is 18.8 Å². The van der Waals surface area contributed by atoms with Crippen molar-refractivity contribution in [2.45, 2.75) is 52.1 Å². The molecule has 1 saturated carbocycles. The Morgan fingerprint density at radius 1 is 1.36 bits per heavy atom. The third-order valence-corrected chi connectivity index (χ3v) is 2.99. The lowest BCUT2D eigenvalue weighted by molar-refractivity contribution is -0.146. The Morgan fingerprint density at radius 2 is 1.93 bits per heavy atom. The lowest BCUT2D eigenvalue weighted by atomic mass is 9.86. The lowest BCUT2D eigenvalue weighted by Crippen LogP contribution is -2.24. The number of rotatable bonds is 3. The first kappa shape index (κ1) is 11.3. The topological polar surface area (TPSA) is 26.3 Å². The van der Waals surface area contributed by atoms with Gasteiger partial charge in [0.15, 0.2) is 0 Å². The van der Waals surface area contributed by atoms with Gasteiger partial charge in [0.2, 0.25) is 0 Å². The molecule has 0 saturated heterocycles. The summed E-state index contributed by atoms with van der Waals surface area (Å²) in [6.45, 7) is 7.50. The van der Waals surface area contributed by atoms with Gasteiger partial charge in [-0.2, -0.15) is 0 Å². The Kier molecular flexibility index (Phi) is 4.18. The van der Waals surface area contributed by atoms with Crippen LogP contribution >= 0.6 is 0 Å². The van der Waals surface area contributed by atoms with E-state index in [4.69, 9.17) is 4.74 Å². The molecule has 14 heavy (non-hydrogen) atoms. The fourth-order valence-corrected chi connectivity index (χ4v) is 1.91. The molecule has 2 heteroatoms. The summed E-state index contributed by atoms with van der Waals surface area (Å²) in [7, 11) is 0. The van der Waals surface area contributed by atoms with Gasteiger partial charge < -0.3 is 4.74 Å². The van der Waals surface area contributed by atoms with Crippen molar-refractivity contribution in [2.75, 3.05) is 0 Å². The van der Waals surface area contributed by atoms with Gasteiger partial charge >= 0.3 is 5.97 Å². The number of carbonyl (C=O) groups is 1. The average Bonchev–Trinajstić information content (AvgIpc) is 2.19. The van der Waals surface area contributed by atoms with E-state index in [0.29, 0.717) is 5.57 Å². The van der Waals surface area contributed by atoms with Crippen LogP contribution in [0.15, 0.2) is 12.2 Å². The summed E-state index contributed by atoms with van der Waals surface area (Å²) in [5.41, 5.74) is 0.502. The number of hydrogen-bond donors (Lipinski definition) is 0. The molecule has 0 bridgehead atoms. The summed E-state index contributed by atoms with van der Waals surface area (Å²) in [4.78, 5) is 11.2. The van der Waals surface area contributed by atoms with Gasteiger partial charge in [-0.25, -0.2) is 4.79 Å². The minimum atomic E-state index is -0.232. The Hall–Kier alpha value is -0.790. The van der Waals surface area contributed by atoms with Crippen molar-refractivity contribution in [1.82, 2.24) is 0 Å². The van der Waals surface area contributed by atoms with Gasteiger partial charge in [-0.1, -0.05) is 19.9 Å². The molecule has 0 aromatic rings. The molecule has 1 rings (SSSR count). The molecule has 80 valence electrons. The number of ether oxygens (including phenoxy) is 1. The van der Waals surface area contributed by atoms with Crippen LogP contribution in [0.5, 0.6) is 0 Å². The minimum Gasteiger partial charge on any atom is -0.459 e. The third kappa shape index (κ3) is 3.17. The Balaban J connectivity index is 2.29. The van der Waals surface area contributed by atoms with Crippen LogP contribution in [0, 0.1) is 5.92 Å². The van der Waals surface area contributed by atoms with Gasteiger partial charge in [-0.05, 0) is 38.5 Å². The van der Waals surface area contributed by atoms with Gasteiger partial charge in [0.05, 0.1) is 0 Å². The van der Waals surface area contributed by atoms with E-state index < -0.39 is 0 Å². The van der Waals surface area contributed by atoms with Crippen LogP contribution in [0.3, 0.4) is 0 Å². The maximum atomic E-state index is 11.2. The first-order valence-electron chi connectivity index (χ1n) is 5.50. The molecule has 0 aromatic carbocycles. The van der Waals surface area contributed by atoms with Gasteiger partial charge in [0, 0.05) is 5.57 Å². The standard InChI is InChI=1S/C12H20O2/c1-4-10-5-7-11(8-6-10)14-12(13)9(2)3/h10-11H,2,4-8H2,1,3H3. The molecule has 0 amide bonds. The summed E-state index contributed by atoms with van der Waals surface area (Å²) in [6, 6.07) is 0. The molecular formula is C12H20O2. The predicted molar refractivity (Wildman–Crippen MR) is 56.9 cm³/mol. The molecule has 0 aliphatic heterocycles. The fraction of sp³-hybridized carbons (Fsp3) is 0.750. The van der Waals surface area contributed by atoms with Crippen LogP contribution in [0.4, 0.5) is 0 Å². The molecule has 0 spiro atoms. The number of esters is 1. The van der Waals surface area contributed by atoms with E-state index in [1.807, 2.05) is 0 Å². The predicted octanol–water partition coefficient (Wildman–Crippen LogP) is 3.07. The van der Waals surface area contributed by atoms with Crippen LogP contribution in [0.25, 0.3) is 0 Å². The SMILES string of the molecule is C=C(C)C(=O)OC1CCC(CC)CC1. The Bertz CT molecular complexity index is 212. The second-order valence-corrected chi connectivity index (χ2v) is 4.24. The van der Waals surface area contributed by atoms with E-state index in [2.05, 4.69) is 13.5 Å². The molecule has 2 nitrogen and oxygen atoms in total. The molecule has 0 N–H and O–H groups in total. The maximum absolute atomic E-state index is 11.2. The minimum absolute atomic E-state index is 0.141. The van der Waals surface area contributed by atoms with Crippen molar-refractivity contribution in [3.8, 4) is 0 Å². The normalized spacial score (nSPS) is 27.0. The van der Waals surface area contributed by atoms with E-state index >= 15 is 0 Å². The van der Waals surface area contributed by atoms with Gasteiger partial charge in [0.25, 0.3) is 0 Å². The number of carbonyl (C=O) groups excluding carboxylic acids is 1. The van der Waals surface area contributed by atoms with E-state index in [9.17, 15) is 4.79 Å². The molecule has 0 radical (unpaired) electrons. The van der Waals surface area contributed by atoms with Crippen molar-refractivity contribution >= 4 is 5.97 Å². The van der Waals surface area contributed by atoms with Crippen LogP contribution in [0.2, 0.25) is 0 Å². The highest BCUT2D eigenvalue weighted by molar-refractivity contribution is 5.87. The van der Waals surface area contributed by atoms with Crippen LogP contribution < -0.4 is 0 Å². The van der Waals surface area contributed by atoms with Crippen LogP contribution in [0.1, 0.15) is 46.0 Å². The van der Waals surface area contributed by atoms with Crippen LogP contribution in [-0.2, 0) is 9.53 Å². The van der Waals surface area contributed by atoms with Crippen molar-refractivity contribution < 1.29 is 9.53 Å². The largest absolute Gasteiger partial charge is 0.459 e. The molecule has 0 unspecified atom stereocenters. The quantitative estimate of drug-likeness (QED) is 0.512. The van der Waals surface area contributed by atoms with E-state index in [1.54, 1.807) is 6.92 Å². The van der Waals surface area contributed by atoms with Crippen LogP contribution in [-0.4, -0.2) is 12.1 Å². The third-order valence-electron chi connectivity index (χ3n) is 2.99. The highest BCUT2D eigenvalue weighted by atomic mass is 16.5. The summed E-state index contributed by atoms with van der Waals surface area (Å²) in [6.07, 6.45) is 5.84. The zero-order valence-electron chi connectivity index (χ0n) is 9.21. The van der Waals surface area contributed by atoms with E-state index in [1.165, 1.54) is 19.3 Å². The monoisotopic (exact) mass is 196 g/mol. The molecule has 1 aliphatic rings. The number of hydrogen-bond acceptors (Lipinski definition) is 2. The molecule has 1 fully saturated rings. The van der Waals surface area contributed by atoms with Crippen molar-refractivity contribution in [1.29, 1.82) is 0 Å². The molecule has 0 atom stereocenters. The molecule has 0 aromatic heterocycles. The van der Waals surface area contributed by atoms with Gasteiger partial charge in [-0.15, -0.1) is 0 Å². The molecular weight excluding hydrogens is 176 g/mol. The van der Waals surface area contributed by atoms with Gasteiger partial charge in [-0.3, -0.25) is 0 Å². The second kappa shape index (κ2) is 5.18.